The molecule has 1 aromatic heterocycles. The molecule has 21 heavy (non-hydrogen) atoms. The summed E-state index contributed by atoms with van der Waals surface area (Å²) in [6, 6.07) is 14.1. The lowest BCUT2D eigenvalue weighted by molar-refractivity contribution is 0.626. The normalized spacial score (nSPS) is 10.8. The first-order valence-corrected chi connectivity index (χ1v) is 6.56. The lowest BCUT2D eigenvalue weighted by Gasteiger charge is -2.06. The molecule has 3 aromatic rings. The van der Waals surface area contributed by atoms with E-state index in [-0.39, 0.29) is 5.82 Å². The molecule has 1 heterocycles. The smallest absolute Gasteiger partial charge is 0.182 e. The highest BCUT2D eigenvalue weighted by molar-refractivity contribution is 5.54. The van der Waals surface area contributed by atoms with E-state index in [4.69, 9.17) is 5.73 Å². The number of hydrogen-bond donors (Lipinski definition) is 1. The topological polar surface area (TPSA) is 69.6 Å². The molecule has 2 N–H and O–H groups in total. The molecule has 3 rings (SSSR count). The van der Waals surface area contributed by atoms with Crippen molar-refractivity contribution in [1.29, 1.82) is 0 Å². The number of nitrogens with zero attached hydrogens (tertiary/aromatic N) is 4. The molecule has 0 spiro atoms. The SMILES string of the molecule is NCc1ccc(Cn2nnnc2-c2cccc(F)c2)cc1. The van der Waals surface area contributed by atoms with Crippen molar-refractivity contribution in [3.8, 4) is 11.4 Å². The summed E-state index contributed by atoms with van der Waals surface area (Å²) in [4.78, 5) is 0. The summed E-state index contributed by atoms with van der Waals surface area (Å²) in [5.41, 5.74) is 8.35. The summed E-state index contributed by atoms with van der Waals surface area (Å²) in [6.45, 7) is 1.03. The Morgan fingerprint density at radius 1 is 1.05 bits per heavy atom. The zero-order chi connectivity index (χ0) is 14.7. The maximum Gasteiger partial charge on any atom is 0.182 e. The fourth-order valence-electron chi connectivity index (χ4n) is 2.10. The molecular formula is C15H14FN5. The number of nitrogens with two attached hydrogens (primary N) is 1. The van der Waals surface area contributed by atoms with Crippen LogP contribution in [0.2, 0.25) is 0 Å². The molecule has 106 valence electrons. The van der Waals surface area contributed by atoms with Gasteiger partial charge in [0.05, 0.1) is 6.54 Å². The molecular weight excluding hydrogens is 269 g/mol. The number of hydrogen-bond acceptors (Lipinski definition) is 4. The Bertz CT molecular complexity index is 736. The Morgan fingerprint density at radius 3 is 2.52 bits per heavy atom. The Kier molecular flexibility index (Phi) is 3.70. The number of rotatable bonds is 4. The van der Waals surface area contributed by atoms with E-state index in [1.54, 1.807) is 16.8 Å². The molecule has 0 saturated carbocycles. The van der Waals surface area contributed by atoms with Gasteiger partial charge in [0.2, 0.25) is 0 Å². The molecule has 0 atom stereocenters. The van der Waals surface area contributed by atoms with E-state index < -0.39 is 0 Å². The van der Waals surface area contributed by atoms with Crippen molar-refractivity contribution in [3.05, 3.63) is 65.5 Å². The minimum atomic E-state index is -0.311. The van der Waals surface area contributed by atoms with Crippen molar-refractivity contribution < 1.29 is 4.39 Å². The van der Waals surface area contributed by atoms with Crippen molar-refractivity contribution in [3.63, 3.8) is 0 Å². The second kappa shape index (κ2) is 5.80. The van der Waals surface area contributed by atoms with Gasteiger partial charge in [0.15, 0.2) is 5.82 Å². The van der Waals surface area contributed by atoms with E-state index in [9.17, 15) is 4.39 Å². The quantitative estimate of drug-likeness (QED) is 0.795. The molecule has 0 aliphatic rings. The van der Waals surface area contributed by atoms with Crippen LogP contribution in [0.25, 0.3) is 11.4 Å². The van der Waals surface area contributed by atoms with Gasteiger partial charge < -0.3 is 5.73 Å². The highest BCUT2D eigenvalue weighted by atomic mass is 19.1. The van der Waals surface area contributed by atoms with Gasteiger partial charge in [-0.3, -0.25) is 0 Å². The number of tetrazole rings is 1. The zero-order valence-corrected chi connectivity index (χ0v) is 11.3. The van der Waals surface area contributed by atoms with Crippen LogP contribution in [-0.4, -0.2) is 20.2 Å². The summed E-state index contributed by atoms with van der Waals surface area (Å²) in [5.74, 6) is 0.228. The summed E-state index contributed by atoms with van der Waals surface area (Å²) in [6.07, 6.45) is 0. The second-order valence-corrected chi connectivity index (χ2v) is 4.69. The average Bonchev–Trinajstić information content (AvgIpc) is 2.96. The lowest BCUT2D eigenvalue weighted by Crippen LogP contribution is -2.05. The molecule has 2 aromatic carbocycles. The van der Waals surface area contributed by atoms with Gasteiger partial charge in [-0.05, 0) is 33.7 Å². The van der Waals surface area contributed by atoms with Gasteiger partial charge in [-0.25, -0.2) is 9.07 Å². The maximum atomic E-state index is 13.3. The Morgan fingerprint density at radius 2 is 1.81 bits per heavy atom. The number of benzene rings is 2. The minimum absolute atomic E-state index is 0.311. The third-order valence-electron chi connectivity index (χ3n) is 3.21. The summed E-state index contributed by atoms with van der Waals surface area (Å²) >= 11 is 0. The van der Waals surface area contributed by atoms with Crippen molar-refractivity contribution in [2.24, 2.45) is 5.73 Å². The second-order valence-electron chi connectivity index (χ2n) is 4.69. The van der Waals surface area contributed by atoms with E-state index in [0.717, 1.165) is 11.1 Å². The minimum Gasteiger partial charge on any atom is -0.326 e. The Labute approximate surface area is 121 Å². The standard InChI is InChI=1S/C15H14FN5/c16-14-3-1-2-13(8-14)15-18-19-20-21(15)10-12-6-4-11(9-17)5-7-12/h1-8H,9-10,17H2. The summed E-state index contributed by atoms with van der Waals surface area (Å²) in [5, 5.41) is 11.6. The Hall–Kier alpha value is -2.60. The highest BCUT2D eigenvalue weighted by Gasteiger charge is 2.10. The third-order valence-corrected chi connectivity index (χ3v) is 3.21. The maximum absolute atomic E-state index is 13.3. The summed E-state index contributed by atoms with van der Waals surface area (Å²) < 4.78 is 15.0. The van der Waals surface area contributed by atoms with Crippen LogP contribution in [0.4, 0.5) is 4.39 Å². The van der Waals surface area contributed by atoms with Gasteiger partial charge in [-0.1, -0.05) is 36.4 Å². The van der Waals surface area contributed by atoms with Gasteiger partial charge >= 0.3 is 0 Å². The first kappa shape index (κ1) is 13.4. The molecule has 0 unspecified atom stereocenters. The van der Waals surface area contributed by atoms with E-state index in [1.807, 2.05) is 24.3 Å². The van der Waals surface area contributed by atoms with Gasteiger partial charge in [0, 0.05) is 12.1 Å². The predicted molar refractivity (Wildman–Crippen MR) is 76.6 cm³/mol. The third kappa shape index (κ3) is 2.95. The molecule has 6 heteroatoms. The fourth-order valence-corrected chi connectivity index (χ4v) is 2.10. The molecule has 5 nitrogen and oxygen atoms in total. The van der Waals surface area contributed by atoms with Crippen molar-refractivity contribution in [2.75, 3.05) is 0 Å². The first-order valence-electron chi connectivity index (χ1n) is 6.56. The zero-order valence-electron chi connectivity index (χ0n) is 11.3. The molecule has 0 saturated heterocycles. The molecule has 0 fully saturated rings. The van der Waals surface area contributed by atoms with Crippen LogP contribution in [0, 0.1) is 5.82 Å². The highest BCUT2D eigenvalue weighted by Crippen LogP contribution is 2.17. The number of aromatic nitrogens is 4. The summed E-state index contributed by atoms with van der Waals surface area (Å²) in [7, 11) is 0. The van der Waals surface area contributed by atoms with Crippen LogP contribution in [0.3, 0.4) is 0 Å². The molecule has 0 aliphatic heterocycles. The van der Waals surface area contributed by atoms with Crippen LogP contribution in [-0.2, 0) is 13.1 Å². The predicted octanol–water partition coefficient (Wildman–Crippen LogP) is 1.99. The molecule has 0 bridgehead atoms. The number of halogens is 1. The average molecular weight is 283 g/mol. The van der Waals surface area contributed by atoms with Crippen LogP contribution in [0.1, 0.15) is 11.1 Å². The molecule has 0 amide bonds. The van der Waals surface area contributed by atoms with Crippen LogP contribution < -0.4 is 5.73 Å². The Balaban J connectivity index is 1.88. The van der Waals surface area contributed by atoms with E-state index >= 15 is 0 Å². The van der Waals surface area contributed by atoms with Crippen LogP contribution in [0.5, 0.6) is 0 Å². The van der Waals surface area contributed by atoms with Gasteiger partial charge in [-0.2, -0.15) is 0 Å². The fraction of sp³-hybridized carbons (Fsp3) is 0.133. The molecule has 0 aliphatic carbocycles. The first-order chi connectivity index (χ1) is 10.3. The largest absolute Gasteiger partial charge is 0.326 e. The molecule has 0 radical (unpaired) electrons. The van der Waals surface area contributed by atoms with Crippen molar-refractivity contribution in [2.45, 2.75) is 13.1 Å². The van der Waals surface area contributed by atoms with E-state index in [1.165, 1.54) is 12.1 Å². The lowest BCUT2D eigenvalue weighted by atomic mass is 10.1. The van der Waals surface area contributed by atoms with Crippen LogP contribution >= 0.6 is 0 Å². The van der Waals surface area contributed by atoms with E-state index in [0.29, 0.717) is 24.5 Å². The van der Waals surface area contributed by atoms with Gasteiger partial charge in [0.25, 0.3) is 0 Å². The monoisotopic (exact) mass is 283 g/mol. The van der Waals surface area contributed by atoms with Crippen LogP contribution in [0.15, 0.2) is 48.5 Å². The van der Waals surface area contributed by atoms with Gasteiger partial charge in [-0.15, -0.1) is 5.10 Å². The van der Waals surface area contributed by atoms with E-state index in [2.05, 4.69) is 15.5 Å². The van der Waals surface area contributed by atoms with Gasteiger partial charge in [0.1, 0.15) is 5.82 Å². The van der Waals surface area contributed by atoms with Crippen molar-refractivity contribution >= 4 is 0 Å². The van der Waals surface area contributed by atoms with Crippen molar-refractivity contribution in [1.82, 2.24) is 20.2 Å².